The number of rotatable bonds is 6. The first-order valence-electron chi connectivity index (χ1n) is 10.6. The summed E-state index contributed by atoms with van der Waals surface area (Å²) in [6.07, 6.45) is 3.03. The summed E-state index contributed by atoms with van der Waals surface area (Å²) < 4.78 is 34.5. The quantitative estimate of drug-likeness (QED) is 0.495. The van der Waals surface area contributed by atoms with Crippen LogP contribution in [0.2, 0.25) is 0 Å². The Kier molecular flexibility index (Phi) is 5.57. The van der Waals surface area contributed by atoms with E-state index < -0.39 is 18.9 Å². The molecule has 1 saturated heterocycles. The molecule has 1 aromatic carbocycles. The number of alkyl halides is 2. The van der Waals surface area contributed by atoms with Gasteiger partial charge in [0.1, 0.15) is 18.4 Å². The molecule has 0 saturated carbocycles. The fourth-order valence-electron chi connectivity index (χ4n) is 4.29. The molecule has 9 heteroatoms. The Bertz CT molecular complexity index is 1250. The number of aromatic nitrogens is 4. The first-order chi connectivity index (χ1) is 15.7. The molecule has 1 aliphatic heterocycles. The number of halogens is 2. The van der Waals surface area contributed by atoms with Gasteiger partial charge in [-0.25, -0.2) is 13.3 Å². The van der Waals surface area contributed by atoms with Gasteiger partial charge in [0.25, 0.3) is 0 Å². The van der Waals surface area contributed by atoms with Gasteiger partial charge in [-0.05, 0) is 36.2 Å². The Balaban J connectivity index is 1.45. The molecule has 5 rings (SSSR count). The Morgan fingerprint density at radius 1 is 1.25 bits per heavy atom. The number of fused-ring (bicyclic) bond motifs is 2. The molecule has 0 spiro atoms. The molecule has 7 nitrogen and oxygen atoms in total. The maximum absolute atomic E-state index is 14.6. The number of hydrogen-bond acceptors (Lipinski definition) is 6. The van der Waals surface area contributed by atoms with Gasteiger partial charge in [0.05, 0.1) is 18.7 Å². The molecule has 0 unspecified atom stereocenters. The molecule has 166 valence electrons. The van der Waals surface area contributed by atoms with Crippen LogP contribution in [-0.4, -0.2) is 70.1 Å². The van der Waals surface area contributed by atoms with Crippen LogP contribution in [0.3, 0.4) is 0 Å². The molecule has 1 N–H and O–H groups in total. The van der Waals surface area contributed by atoms with Gasteiger partial charge in [0, 0.05) is 43.0 Å². The van der Waals surface area contributed by atoms with Gasteiger partial charge in [-0.3, -0.25) is 9.88 Å². The van der Waals surface area contributed by atoms with Crippen LogP contribution in [0.25, 0.3) is 27.5 Å². The molecule has 32 heavy (non-hydrogen) atoms. The highest BCUT2D eigenvalue weighted by atomic mass is 19.1. The van der Waals surface area contributed by atoms with Crippen molar-refractivity contribution < 1.29 is 13.5 Å². The highest BCUT2D eigenvalue weighted by Gasteiger charge is 2.30. The molecule has 3 aromatic heterocycles. The Morgan fingerprint density at radius 2 is 2.16 bits per heavy atom. The summed E-state index contributed by atoms with van der Waals surface area (Å²) >= 11 is 0. The summed E-state index contributed by atoms with van der Waals surface area (Å²) in [5.74, 6) is 0.699. The largest absolute Gasteiger partial charge is 0.479 e. The van der Waals surface area contributed by atoms with Crippen molar-refractivity contribution in [3.05, 3.63) is 48.8 Å². The number of anilines is 1. The number of likely N-dealkylation sites (tertiary alicyclic amines) is 1. The van der Waals surface area contributed by atoms with E-state index in [2.05, 4.69) is 26.4 Å². The molecule has 1 aliphatic rings. The third kappa shape index (κ3) is 3.84. The summed E-state index contributed by atoms with van der Waals surface area (Å²) in [6.45, 7) is 0.628. The molecular formula is C23H24F2N6O. The fourth-order valence-corrected chi connectivity index (χ4v) is 4.29. The number of nitrogens with zero attached hydrogens (tertiary/aromatic N) is 5. The molecule has 4 aromatic rings. The van der Waals surface area contributed by atoms with Crippen LogP contribution < -0.4 is 10.1 Å². The number of pyridine rings is 1. The van der Waals surface area contributed by atoms with E-state index in [-0.39, 0.29) is 13.1 Å². The first-order valence-corrected chi connectivity index (χ1v) is 10.6. The maximum Gasteiger partial charge on any atom is 0.244 e. The lowest BCUT2D eigenvalue weighted by Crippen LogP contribution is -2.48. The monoisotopic (exact) mass is 438 g/mol. The van der Waals surface area contributed by atoms with Crippen LogP contribution in [0.1, 0.15) is 6.42 Å². The average molecular weight is 438 g/mol. The van der Waals surface area contributed by atoms with Gasteiger partial charge in [0.2, 0.25) is 11.8 Å². The number of hydrogen-bond donors (Lipinski definition) is 1. The van der Waals surface area contributed by atoms with Crippen molar-refractivity contribution in [1.82, 2.24) is 24.5 Å². The number of nitrogens with one attached hydrogen (secondary N) is 1. The van der Waals surface area contributed by atoms with Crippen molar-refractivity contribution in [3.8, 4) is 17.0 Å². The van der Waals surface area contributed by atoms with E-state index in [0.717, 1.165) is 27.5 Å². The van der Waals surface area contributed by atoms with Gasteiger partial charge in [-0.1, -0.05) is 12.1 Å². The second-order valence-corrected chi connectivity index (χ2v) is 7.92. The summed E-state index contributed by atoms with van der Waals surface area (Å²) in [5, 5.41) is 8.68. The summed E-state index contributed by atoms with van der Waals surface area (Å²) in [4.78, 5) is 10.7. The van der Waals surface area contributed by atoms with Crippen LogP contribution in [0.15, 0.2) is 48.8 Å². The van der Waals surface area contributed by atoms with Crippen molar-refractivity contribution in [1.29, 1.82) is 0 Å². The first kappa shape index (κ1) is 20.6. The highest BCUT2D eigenvalue weighted by Crippen LogP contribution is 2.33. The smallest absolute Gasteiger partial charge is 0.244 e. The Hall–Kier alpha value is -3.33. The molecule has 0 bridgehead atoms. The van der Waals surface area contributed by atoms with Crippen LogP contribution in [0.5, 0.6) is 5.88 Å². The number of ether oxygens (including phenoxy) is 1. The highest BCUT2D eigenvalue weighted by molar-refractivity contribution is 5.90. The standard InChI is InChI=1S/C23H24F2N6O/c1-32-22-21-17(15-4-5-19-16(13-15)3-2-9-26-19)6-11-31(21)29-23(28-22)27-20-7-10-30(12-8-24)14-18(20)25/h2-6,9,11,13,18,20H,7-8,10,12,14H2,1H3,(H,27,29)/t18-,20+/m0/s1. The molecule has 2 atom stereocenters. The van der Waals surface area contributed by atoms with Crippen molar-refractivity contribution in [2.75, 3.05) is 38.7 Å². The molecule has 1 fully saturated rings. The van der Waals surface area contributed by atoms with E-state index in [1.165, 1.54) is 0 Å². The predicted molar refractivity (Wildman–Crippen MR) is 120 cm³/mol. The van der Waals surface area contributed by atoms with E-state index in [1.807, 2.05) is 36.5 Å². The molecule has 0 radical (unpaired) electrons. The normalized spacial score (nSPS) is 19.5. The summed E-state index contributed by atoms with van der Waals surface area (Å²) in [5.41, 5.74) is 3.59. The zero-order chi connectivity index (χ0) is 22.1. The van der Waals surface area contributed by atoms with Crippen LogP contribution in [-0.2, 0) is 0 Å². The van der Waals surface area contributed by atoms with E-state index in [9.17, 15) is 8.78 Å². The van der Waals surface area contributed by atoms with Crippen LogP contribution >= 0.6 is 0 Å². The minimum atomic E-state index is -1.13. The minimum Gasteiger partial charge on any atom is -0.479 e. The fraction of sp³-hybridized carbons (Fsp3) is 0.348. The van der Waals surface area contributed by atoms with Crippen molar-refractivity contribution in [2.45, 2.75) is 18.6 Å². The van der Waals surface area contributed by atoms with E-state index in [1.54, 1.807) is 22.7 Å². The lowest BCUT2D eigenvalue weighted by Gasteiger charge is -2.34. The SMILES string of the molecule is COc1nc(N[C@@H]2CCN(CCF)C[C@@H]2F)nn2ccc(-c3ccc4ncccc4c3)c12. The van der Waals surface area contributed by atoms with Gasteiger partial charge in [0.15, 0.2) is 0 Å². The van der Waals surface area contributed by atoms with Crippen molar-refractivity contribution in [2.24, 2.45) is 0 Å². The maximum atomic E-state index is 14.6. The molecule has 4 heterocycles. The number of piperidine rings is 1. The summed E-state index contributed by atoms with van der Waals surface area (Å²) in [6, 6.07) is 11.5. The predicted octanol–water partition coefficient (Wildman–Crippen LogP) is 3.75. The average Bonchev–Trinajstić information content (AvgIpc) is 3.24. The molecular weight excluding hydrogens is 414 g/mol. The third-order valence-electron chi connectivity index (χ3n) is 5.93. The van der Waals surface area contributed by atoms with Crippen LogP contribution in [0.4, 0.5) is 14.7 Å². The van der Waals surface area contributed by atoms with E-state index in [0.29, 0.717) is 24.8 Å². The van der Waals surface area contributed by atoms with Gasteiger partial charge in [-0.2, -0.15) is 4.98 Å². The lowest BCUT2D eigenvalue weighted by atomic mass is 10.0. The van der Waals surface area contributed by atoms with Crippen LogP contribution in [0, 0.1) is 0 Å². The lowest BCUT2D eigenvalue weighted by molar-refractivity contribution is 0.120. The summed E-state index contributed by atoms with van der Waals surface area (Å²) in [7, 11) is 1.56. The second-order valence-electron chi connectivity index (χ2n) is 7.92. The van der Waals surface area contributed by atoms with Gasteiger partial charge >= 0.3 is 0 Å². The van der Waals surface area contributed by atoms with E-state index >= 15 is 0 Å². The minimum absolute atomic E-state index is 0.200. The number of benzene rings is 1. The zero-order valence-electron chi connectivity index (χ0n) is 17.7. The third-order valence-corrected chi connectivity index (χ3v) is 5.93. The van der Waals surface area contributed by atoms with Crippen molar-refractivity contribution >= 4 is 22.4 Å². The second kappa shape index (κ2) is 8.66. The van der Waals surface area contributed by atoms with Gasteiger partial charge < -0.3 is 10.1 Å². The van der Waals surface area contributed by atoms with Crippen molar-refractivity contribution in [3.63, 3.8) is 0 Å². The molecule has 0 amide bonds. The Morgan fingerprint density at radius 3 is 2.97 bits per heavy atom. The zero-order valence-corrected chi connectivity index (χ0v) is 17.7. The van der Waals surface area contributed by atoms with Gasteiger partial charge in [-0.15, -0.1) is 5.10 Å². The number of methoxy groups -OCH3 is 1. The topological polar surface area (TPSA) is 67.6 Å². The van der Waals surface area contributed by atoms with E-state index in [4.69, 9.17) is 4.74 Å². The Labute approximate surface area is 184 Å². The molecule has 0 aliphatic carbocycles.